The van der Waals surface area contributed by atoms with Gasteiger partial charge in [0.1, 0.15) is 28.5 Å². The van der Waals surface area contributed by atoms with Crippen molar-refractivity contribution in [2.75, 3.05) is 0 Å². The molecule has 1 aliphatic heterocycles. The number of imidazole rings is 1. The molecule has 0 saturated carbocycles. The molecule has 0 radical (unpaired) electrons. The van der Waals surface area contributed by atoms with E-state index in [-0.39, 0.29) is 49.6 Å². The SMILES string of the molecule is [2H]c1c([2H])c([2H])c(-c2cc(-c3c(C([2H])([2H])[2H])cccc3C([2H])([2H])[2H])cc3c2-[n+]2[c-]n(-c4cccc(Oc5ccc6c7ccccc7n(-c7cc(C(C)(C)C)ccn7)c6c5)c4)c4cc(-c5ccc6oc7ccccc7c6c5)cc(c42)-c2ccccc2-c2cc4c(cc2-3)C(C)(C)CCC4(C)C)c([2H])c1[2H]. The Morgan fingerprint density at radius 3 is 1.96 bits per heavy atom. The maximum Gasteiger partial charge on any atom is 0.269 e. The van der Waals surface area contributed by atoms with Crippen LogP contribution in [0.1, 0.15) is 104 Å². The van der Waals surface area contributed by atoms with Crippen molar-refractivity contribution in [3.63, 3.8) is 0 Å². The molecule has 17 rings (SSSR count). The summed E-state index contributed by atoms with van der Waals surface area (Å²) in [4.78, 5) is 4.94. The summed E-state index contributed by atoms with van der Waals surface area (Å²) in [7, 11) is 0. The zero-order valence-corrected chi connectivity index (χ0v) is 52.1. The molecule has 11 aromatic carbocycles. The van der Waals surface area contributed by atoms with Crippen LogP contribution >= 0.6 is 0 Å². The zero-order valence-electron chi connectivity index (χ0n) is 63.1. The van der Waals surface area contributed by atoms with Crippen molar-refractivity contribution < 1.29 is 28.8 Å². The first-order valence-corrected chi connectivity index (χ1v) is 31.5. The first-order chi connectivity index (χ1) is 49.0. The van der Waals surface area contributed by atoms with Crippen LogP contribution in [0.3, 0.4) is 0 Å². The molecule has 15 aromatic rings. The van der Waals surface area contributed by atoms with Crippen molar-refractivity contribution in [1.82, 2.24) is 14.1 Å². The second-order valence-electron chi connectivity index (χ2n) is 27.2. The van der Waals surface area contributed by atoms with Crippen LogP contribution in [0, 0.1) is 20.0 Å². The number of para-hydroxylation sites is 2. The van der Waals surface area contributed by atoms with Gasteiger partial charge in [0.25, 0.3) is 6.33 Å². The predicted octanol–water partition coefficient (Wildman–Crippen LogP) is 22.5. The van der Waals surface area contributed by atoms with Gasteiger partial charge in [-0.2, -0.15) is 0 Å². The number of benzene rings is 11. The summed E-state index contributed by atoms with van der Waals surface area (Å²) in [5.41, 5.74) is 13.9. The van der Waals surface area contributed by atoms with Gasteiger partial charge in [0, 0.05) is 42.0 Å². The predicted molar refractivity (Wildman–Crippen MR) is 379 cm³/mol. The molecule has 5 heterocycles. The molecule has 0 amide bonds. The monoisotopic (exact) mass is 1200 g/mol. The van der Waals surface area contributed by atoms with E-state index < -0.39 is 43.9 Å². The van der Waals surface area contributed by atoms with E-state index >= 15 is 0 Å². The van der Waals surface area contributed by atoms with Crippen LogP contribution in [0.5, 0.6) is 11.5 Å². The van der Waals surface area contributed by atoms with E-state index in [0.29, 0.717) is 45.0 Å². The topological polar surface area (TPSA) is 49.0 Å². The highest BCUT2D eigenvalue weighted by atomic mass is 16.5. The molecule has 0 fully saturated rings. The third-order valence-corrected chi connectivity index (χ3v) is 19.5. The summed E-state index contributed by atoms with van der Waals surface area (Å²) in [6, 6.07) is 62.7. The highest BCUT2D eigenvalue weighted by molar-refractivity contribution is 6.10. The van der Waals surface area contributed by atoms with Gasteiger partial charge in [0.2, 0.25) is 0 Å². The van der Waals surface area contributed by atoms with Gasteiger partial charge < -0.3 is 9.15 Å². The average molecular weight is 1200 g/mol. The van der Waals surface area contributed by atoms with Gasteiger partial charge in [-0.3, -0.25) is 13.7 Å². The first-order valence-electron chi connectivity index (χ1n) is 37.0. The minimum absolute atomic E-state index is 0.0758. The molecule has 0 atom stereocenters. The van der Waals surface area contributed by atoms with Crippen LogP contribution in [0.25, 0.3) is 139 Å². The Morgan fingerprint density at radius 1 is 0.522 bits per heavy atom. The number of pyridine rings is 1. The number of hydrogen-bond donors (Lipinski definition) is 0. The lowest BCUT2D eigenvalue weighted by molar-refractivity contribution is -0.570. The number of rotatable bonds is 7. The summed E-state index contributed by atoms with van der Waals surface area (Å²) in [5.74, 6) is 1.86. The Hall–Kier alpha value is -10.6. The summed E-state index contributed by atoms with van der Waals surface area (Å²) >= 11 is 0. The van der Waals surface area contributed by atoms with Crippen LogP contribution in [0.15, 0.2) is 241 Å². The second kappa shape index (κ2) is 20.5. The number of hydrogen-bond acceptors (Lipinski definition) is 3. The summed E-state index contributed by atoms with van der Waals surface area (Å²) in [6.45, 7) is 9.92. The third kappa shape index (κ3) is 8.82. The van der Waals surface area contributed by atoms with Gasteiger partial charge in [-0.15, -0.1) is 0 Å². The van der Waals surface area contributed by atoms with E-state index in [1.807, 2.05) is 106 Å². The minimum atomic E-state index is -2.85. The fraction of sp³-hybridized carbons (Fsp3) is 0.163. The van der Waals surface area contributed by atoms with Crippen molar-refractivity contribution in [2.45, 2.75) is 91.3 Å². The number of nitrogens with zero attached hydrogens (tertiary/aromatic N) is 4. The Bertz CT molecular complexity index is 6080. The molecule has 0 spiro atoms. The van der Waals surface area contributed by atoms with E-state index in [0.717, 1.165) is 112 Å². The molecule has 2 aliphatic rings. The number of aromatic nitrogens is 4. The minimum Gasteiger partial charge on any atom is -0.458 e. The molecule has 92 heavy (non-hydrogen) atoms. The molecule has 4 aromatic heterocycles. The molecule has 6 nitrogen and oxygen atoms in total. The number of ether oxygens (including phenoxy) is 1. The van der Waals surface area contributed by atoms with E-state index in [4.69, 9.17) is 23.7 Å². The van der Waals surface area contributed by atoms with Crippen LogP contribution in [0.4, 0.5) is 0 Å². The fourth-order valence-electron chi connectivity index (χ4n) is 14.6. The molecule has 1 aliphatic carbocycles. The molecule has 0 saturated heterocycles. The van der Waals surface area contributed by atoms with Crippen LogP contribution < -0.4 is 9.30 Å². The molecule has 446 valence electrons. The van der Waals surface area contributed by atoms with E-state index in [1.165, 1.54) is 18.2 Å². The molecule has 0 unspecified atom stereocenters. The van der Waals surface area contributed by atoms with E-state index in [1.54, 1.807) is 6.07 Å². The number of aryl methyl sites for hydroxylation is 2. The van der Waals surface area contributed by atoms with Crippen molar-refractivity contribution >= 4 is 54.8 Å². The molecule has 6 heteroatoms. The summed E-state index contributed by atoms with van der Waals surface area (Å²) in [5, 5.41) is 4.00. The normalized spacial score (nSPS) is 16.0. The Kier molecular flexibility index (Phi) is 9.98. The molecule has 0 bridgehead atoms. The number of furan rings is 1. The van der Waals surface area contributed by atoms with Crippen LogP contribution in [0.2, 0.25) is 0 Å². The van der Waals surface area contributed by atoms with Gasteiger partial charge in [0.05, 0.1) is 40.3 Å². The summed E-state index contributed by atoms with van der Waals surface area (Å²) < 4.78 is 122. The second-order valence-corrected chi connectivity index (χ2v) is 27.2. The lowest BCUT2D eigenvalue weighted by atomic mass is 9.62. The van der Waals surface area contributed by atoms with Crippen LogP contribution in [-0.2, 0) is 16.2 Å². The van der Waals surface area contributed by atoms with Crippen molar-refractivity contribution in [3.05, 3.63) is 271 Å². The van der Waals surface area contributed by atoms with Gasteiger partial charge in [-0.05, 0) is 228 Å². The van der Waals surface area contributed by atoms with Gasteiger partial charge >= 0.3 is 0 Å². The highest BCUT2D eigenvalue weighted by Gasteiger charge is 2.39. The largest absolute Gasteiger partial charge is 0.458 e. The summed E-state index contributed by atoms with van der Waals surface area (Å²) in [6.07, 6.45) is 7.50. The lowest BCUT2D eigenvalue weighted by Gasteiger charge is -2.42. The Labute approximate surface area is 552 Å². The van der Waals surface area contributed by atoms with E-state index in [9.17, 15) is 5.48 Å². The first kappa shape index (κ1) is 44.8. The highest BCUT2D eigenvalue weighted by Crippen LogP contribution is 2.54. The van der Waals surface area contributed by atoms with Crippen molar-refractivity contribution in [3.8, 4) is 95.5 Å². The Morgan fingerprint density at radius 2 is 1.18 bits per heavy atom. The maximum atomic E-state index is 9.98. The number of fused-ring (bicyclic) bond motifs is 14. The quantitative estimate of drug-likeness (QED) is 0.118. The average Bonchev–Trinajstić information content (AvgIpc) is 1.60. The third-order valence-electron chi connectivity index (χ3n) is 19.5. The smallest absolute Gasteiger partial charge is 0.269 e. The Balaban J connectivity index is 1.00. The maximum absolute atomic E-state index is 9.98. The molecule has 0 N–H and O–H groups in total. The fourth-order valence-corrected chi connectivity index (χ4v) is 14.6. The van der Waals surface area contributed by atoms with Gasteiger partial charge in [0.15, 0.2) is 0 Å². The molecular formula is C86H70N4O2. The lowest BCUT2D eigenvalue weighted by Crippen LogP contribution is -2.34. The zero-order chi connectivity index (χ0) is 71.9. The van der Waals surface area contributed by atoms with E-state index in [2.05, 4.69) is 144 Å². The van der Waals surface area contributed by atoms with Crippen molar-refractivity contribution in [1.29, 1.82) is 0 Å². The standard InChI is InChI=1S/C86H70N4O2/c1-52-21-19-22-53(2)81(52)57-43-67(54-23-11-10-12-24-54)82-72(44-57)69-50-74-73(85(6,7)38-39-86(74,8)9)49-68(69)62-27-13-14-28-63(62)71-42-56(55-33-36-79-70(41-55)66-30-16-18-32-78(66)92-79)45-77-83(71)89(82)51-88(77)59-25-20-26-60(47-59)91-61-34-35-65-64-29-15-17-31-75(64)90(76(65)48-61)80-46-58(37-40-87-80)84(3,4)5/h10-37,40-50H,38-39H2,1-9H3/i1D3,2D3,10D,11D,12D,23D,24D. The van der Waals surface area contributed by atoms with Gasteiger partial charge in [-0.25, -0.2) is 4.98 Å². The van der Waals surface area contributed by atoms with Gasteiger partial charge in [-0.1, -0.05) is 182 Å². The molecular weight excluding hydrogens is 1120 g/mol. The van der Waals surface area contributed by atoms with Crippen molar-refractivity contribution in [2.24, 2.45) is 0 Å². The van der Waals surface area contributed by atoms with Crippen LogP contribution in [-0.4, -0.2) is 14.1 Å².